The van der Waals surface area contributed by atoms with Crippen molar-refractivity contribution in [2.24, 2.45) is 0 Å². The van der Waals surface area contributed by atoms with Crippen molar-refractivity contribution in [3.63, 3.8) is 0 Å². The van der Waals surface area contributed by atoms with Crippen LogP contribution in [0.15, 0.2) is 4.42 Å². The van der Waals surface area contributed by atoms with E-state index in [1.165, 1.54) is 0 Å². The van der Waals surface area contributed by atoms with Crippen molar-refractivity contribution in [2.75, 3.05) is 0 Å². The number of hydrogen-bond donors (Lipinski definition) is 0. The molecule has 0 amide bonds. The van der Waals surface area contributed by atoms with Crippen molar-refractivity contribution >= 4 is 5.97 Å². The number of aromatic nitrogens is 1. The molecule has 0 bridgehead atoms. The number of hydrogen-bond acceptors (Lipinski definition) is 4. The predicted molar refractivity (Wildman–Crippen MR) is 44.4 cm³/mol. The summed E-state index contributed by atoms with van der Waals surface area (Å²) in [5.74, 6) is 0.352. The van der Waals surface area contributed by atoms with Gasteiger partial charge in [0.05, 0.1) is 5.69 Å². The third-order valence-corrected chi connectivity index (χ3v) is 1.89. The van der Waals surface area contributed by atoms with Gasteiger partial charge in [0.1, 0.15) is 6.10 Å². The molecule has 0 saturated heterocycles. The molecule has 70 valence electrons. The summed E-state index contributed by atoms with van der Waals surface area (Å²) in [6, 6.07) is 0. The summed E-state index contributed by atoms with van der Waals surface area (Å²) >= 11 is 0. The highest BCUT2D eigenvalue weighted by atomic mass is 16.6. The van der Waals surface area contributed by atoms with Gasteiger partial charge in [-0.25, -0.2) is 9.78 Å². The molecule has 1 aromatic rings. The van der Waals surface area contributed by atoms with Crippen LogP contribution in [0.3, 0.4) is 0 Å². The van der Waals surface area contributed by atoms with E-state index in [1.807, 2.05) is 0 Å². The molecule has 1 saturated carbocycles. The Kier molecular flexibility index (Phi) is 1.83. The Hall–Kier alpha value is -1.32. The summed E-state index contributed by atoms with van der Waals surface area (Å²) in [6.07, 6.45) is 2.05. The highest BCUT2D eigenvalue weighted by Gasteiger charge is 2.28. The van der Waals surface area contributed by atoms with Crippen molar-refractivity contribution in [1.29, 1.82) is 0 Å². The summed E-state index contributed by atoms with van der Waals surface area (Å²) in [6.45, 7) is 3.45. The fourth-order valence-corrected chi connectivity index (χ4v) is 1.11. The number of oxazole rings is 1. The summed E-state index contributed by atoms with van der Waals surface area (Å²) in [5, 5.41) is 0. The van der Waals surface area contributed by atoms with Crippen LogP contribution in [0.1, 0.15) is 35.0 Å². The molecule has 1 heterocycles. The van der Waals surface area contributed by atoms with Crippen LogP contribution >= 0.6 is 0 Å². The summed E-state index contributed by atoms with van der Waals surface area (Å²) in [7, 11) is 0. The van der Waals surface area contributed by atoms with E-state index in [4.69, 9.17) is 9.15 Å². The predicted octanol–water partition coefficient (Wildman–Crippen LogP) is 1.61. The van der Waals surface area contributed by atoms with Gasteiger partial charge in [-0.1, -0.05) is 0 Å². The number of nitrogens with zero attached hydrogens (tertiary/aromatic N) is 1. The van der Waals surface area contributed by atoms with Crippen LogP contribution < -0.4 is 0 Å². The second-order valence-corrected chi connectivity index (χ2v) is 3.25. The highest BCUT2D eigenvalue weighted by molar-refractivity contribution is 5.87. The molecule has 0 atom stereocenters. The molecule has 13 heavy (non-hydrogen) atoms. The van der Waals surface area contributed by atoms with Gasteiger partial charge in [-0.2, -0.15) is 0 Å². The van der Waals surface area contributed by atoms with Gasteiger partial charge in [0.25, 0.3) is 0 Å². The number of aryl methyl sites for hydroxylation is 2. The Labute approximate surface area is 75.9 Å². The van der Waals surface area contributed by atoms with E-state index < -0.39 is 0 Å². The van der Waals surface area contributed by atoms with Crippen LogP contribution in [-0.4, -0.2) is 17.1 Å². The van der Waals surface area contributed by atoms with Crippen LogP contribution in [0.2, 0.25) is 0 Å². The molecule has 0 N–H and O–H groups in total. The minimum atomic E-state index is -0.388. The van der Waals surface area contributed by atoms with Gasteiger partial charge in [-0.3, -0.25) is 0 Å². The normalized spacial score (nSPS) is 15.8. The molecule has 0 aliphatic heterocycles. The van der Waals surface area contributed by atoms with E-state index in [0.717, 1.165) is 12.8 Å². The molecule has 1 aliphatic carbocycles. The van der Waals surface area contributed by atoms with Gasteiger partial charge in [0.2, 0.25) is 5.76 Å². The van der Waals surface area contributed by atoms with Crippen molar-refractivity contribution in [2.45, 2.75) is 32.8 Å². The van der Waals surface area contributed by atoms with Crippen LogP contribution in [-0.2, 0) is 4.74 Å². The van der Waals surface area contributed by atoms with Gasteiger partial charge in [0.15, 0.2) is 5.89 Å². The molecule has 0 radical (unpaired) electrons. The number of ether oxygens (including phenoxy) is 1. The second kappa shape index (κ2) is 2.87. The fraction of sp³-hybridized carbons (Fsp3) is 0.556. The van der Waals surface area contributed by atoms with Gasteiger partial charge < -0.3 is 9.15 Å². The van der Waals surface area contributed by atoms with E-state index in [9.17, 15) is 4.79 Å². The summed E-state index contributed by atoms with van der Waals surface area (Å²) in [5.41, 5.74) is 0.600. The topological polar surface area (TPSA) is 52.3 Å². The lowest BCUT2D eigenvalue weighted by molar-refractivity contribution is 0.0433. The molecule has 1 aliphatic rings. The van der Waals surface area contributed by atoms with Crippen molar-refractivity contribution in [1.82, 2.24) is 4.98 Å². The molecule has 0 aromatic carbocycles. The number of rotatable bonds is 2. The lowest BCUT2D eigenvalue weighted by Crippen LogP contribution is -2.06. The van der Waals surface area contributed by atoms with Gasteiger partial charge >= 0.3 is 5.97 Å². The molecule has 0 unspecified atom stereocenters. The molecule has 1 fully saturated rings. The Morgan fingerprint density at radius 1 is 1.54 bits per heavy atom. The van der Waals surface area contributed by atoms with Crippen molar-refractivity contribution < 1.29 is 13.9 Å². The summed E-state index contributed by atoms with van der Waals surface area (Å²) < 4.78 is 10.2. The molecule has 4 nitrogen and oxygen atoms in total. The zero-order valence-electron chi connectivity index (χ0n) is 7.66. The number of esters is 1. The number of carbonyl (C=O) groups is 1. The lowest BCUT2D eigenvalue weighted by atomic mass is 10.4. The average Bonchev–Trinajstić information content (AvgIpc) is 2.77. The molecule has 2 rings (SSSR count). The zero-order valence-corrected chi connectivity index (χ0v) is 7.66. The first kappa shape index (κ1) is 8.29. The van der Waals surface area contributed by atoms with Crippen LogP contribution in [0.5, 0.6) is 0 Å². The standard InChI is InChI=1S/C9H11NO3/c1-5-8(12-6(2)10-5)9(11)13-7-3-4-7/h7H,3-4H2,1-2H3. The molecular formula is C9H11NO3. The van der Waals surface area contributed by atoms with Crippen molar-refractivity contribution in [3.05, 3.63) is 17.3 Å². The first-order chi connectivity index (χ1) is 6.16. The Morgan fingerprint density at radius 2 is 2.23 bits per heavy atom. The summed E-state index contributed by atoms with van der Waals surface area (Å²) in [4.78, 5) is 15.4. The minimum Gasteiger partial charge on any atom is -0.456 e. The molecular weight excluding hydrogens is 170 g/mol. The van der Waals surface area contributed by atoms with Crippen LogP contribution in [0.25, 0.3) is 0 Å². The minimum absolute atomic E-state index is 0.109. The smallest absolute Gasteiger partial charge is 0.376 e. The maximum atomic E-state index is 11.4. The third kappa shape index (κ3) is 1.71. The van der Waals surface area contributed by atoms with E-state index in [-0.39, 0.29) is 17.8 Å². The average molecular weight is 181 g/mol. The zero-order chi connectivity index (χ0) is 9.42. The molecule has 4 heteroatoms. The SMILES string of the molecule is Cc1nc(C)c(C(=O)OC2CC2)o1. The second-order valence-electron chi connectivity index (χ2n) is 3.25. The van der Waals surface area contributed by atoms with Crippen LogP contribution in [0, 0.1) is 13.8 Å². The van der Waals surface area contributed by atoms with Gasteiger partial charge in [0, 0.05) is 6.92 Å². The van der Waals surface area contributed by atoms with Crippen LogP contribution in [0.4, 0.5) is 0 Å². The Balaban J connectivity index is 2.13. The molecule has 0 spiro atoms. The largest absolute Gasteiger partial charge is 0.456 e. The molecule has 1 aromatic heterocycles. The van der Waals surface area contributed by atoms with E-state index in [2.05, 4.69) is 4.98 Å². The van der Waals surface area contributed by atoms with Gasteiger partial charge in [-0.05, 0) is 19.8 Å². The maximum Gasteiger partial charge on any atom is 0.376 e. The fourth-order valence-electron chi connectivity index (χ4n) is 1.11. The first-order valence-corrected chi connectivity index (χ1v) is 4.32. The monoisotopic (exact) mass is 181 g/mol. The van der Waals surface area contributed by atoms with Crippen molar-refractivity contribution in [3.8, 4) is 0 Å². The Bertz CT molecular complexity index is 339. The lowest BCUT2D eigenvalue weighted by Gasteiger charge is -1.98. The quantitative estimate of drug-likeness (QED) is 0.650. The number of carbonyl (C=O) groups excluding carboxylic acids is 1. The third-order valence-electron chi connectivity index (χ3n) is 1.89. The van der Waals surface area contributed by atoms with E-state index in [1.54, 1.807) is 13.8 Å². The first-order valence-electron chi connectivity index (χ1n) is 4.32. The maximum absolute atomic E-state index is 11.4. The Morgan fingerprint density at radius 3 is 2.69 bits per heavy atom. The van der Waals surface area contributed by atoms with E-state index >= 15 is 0 Å². The van der Waals surface area contributed by atoms with Gasteiger partial charge in [-0.15, -0.1) is 0 Å². The highest BCUT2D eigenvalue weighted by Crippen LogP contribution is 2.25. The van der Waals surface area contributed by atoms with E-state index in [0.29, 0.717) is 11.6 Å².